The van der Waals surface area contributed by atoms with Crippen molar-refractivity contribution >= 4 is 40.4 Å². The number of allylic oxidation sites excluding steroid dienone is 1. The van der Waals surface area contributed by atoms with Crippen LogP contribution in [0.2, 0.25) is 5.02 Å². The number of methoxy groups -OCH3 is 1. The van der Waals surface area contributed by atoms with Gasteiger partial charge >= 0.3 is 5.97 Å². The van der Waals surface area contributed by atoms with Crippen LogP contribution in [0.25, 0.3) is 0 Å². The second-order valence-corrected chi connectivity index (χ2v) is 9.44. The van der Waals surface area contributed by atoms with E-state index in [9.17, 15) is 9.59 Å². The average molecular weight is 476 g/mol. The summed E-state index contributed by atoms with van der Waals surface area (Å²) in [6.45, 7) is 6.89. The molecule has 1 aromatic rings. The number of esters is 1. The van der Waals surface area contributed by atoms with Crippen LogP contribution in [0.1, 0.15) is 38.8 Å². The molecule has 170 valence electrons. The Bertz CT molecular complexity index is 1010. The molecule has 4 rings (SSSR count). The number of amidine groups is 1. The van der Waals surface area contributed by atoms with Crippen molar-refractivity contribution in [1.82, 2.24) is 9.80 Å². The van der Waals surface area contributed by atoms with E-state index in [1.54, 1.807) is 19.1 Å². The summed E-state index contributed by atoms with van der Waals surface area (Å²) in [5.74, 6) is -0.412. The molecule has 3 atom stereocenters. The van der Waals surface area contributed by atoms with Crippen molar-refractivity contribution in [2.45, 2.75) is 45.4 Å². The molecular formula is C23H26ClN3O4S. The first-order valence-electron chi connectivity index (χ1n) is 10.5. The predicted octanol–water partition coefficient (Wildman–Crippen LogP) is 4.11. The van der Waals surface area contributed by atoms with E-state index < -0.39 is 12.0 Å². The van der Waals surface area contributed by atoms with E-state index >= 15 is 0 Å². The third kappa shape index (κ3) is 4.44. The van der Waals surface area contributed by atoms with E-state index in [4.69, 9.17) is 21.1 Å². The number of nitrogens with zero attached hydrogens (tertiary/aromatic N) is 3. The van der Waals surface area contributed by atoms with E-state index in [0.717, 1.165) is 16.4 Å². The second-order valence-electron chi connectivity index (χ2n) is 8.17. The molecule has 3 aliphatic heterocycles. The van der Waals surface area contributed by atoms with Crippen LogP contribution in [0.4, 0.5) is 0 Å². The summed E-state index contributed by atoms with van der Waals surface area (Å²) in [4.78, 5) is 34.4. The van der Waals surface area contributed by atoms with Crippen molar-refractivity contribution in [2.75, 3.05) is 20.2 Å². The fourth-order valence-electron chi connectivity index (χ4n) is 4.35. The van der Waals surface area contributed by atoms with E-state index in [2.05, 4.69) is 4.99 Å². The van der Waals surface area contributed by atoms with Crippen LogP contribution in [0.15, 0.2) is 51.6 Å². The van der Waals surface area contributed by atoms with Gasteiger partial charge in [0, 0.05) is 23.8 Å². The number of fused-ring (bicyclic) bond motifs is 1. The lowest BCUT2D eigenvalue weighted by molar-refractivity contribution is -0.142. The molecule has 0 bridgehead atoms. The molecule has 1 amide bonds. The number of benzene rings is 1. The monoisotopic (exact) mass is 475 g/mol. The van der Waals surface area contributed by atoms with Gasteiger partial charge in [-0.05, 0) is 43.9 Å². The van der Waals surface area contributed by atoms with Crippen LogP contribution in [0.5, 0.6) is 0 Å². The number of aliphatic imine (C=N–C) groups is 1. The SMILES string of the molecule is COC(=O)C1=C(C)N=C2SC=C(CC(=O)N3CC(C)OC(C)C3)N2C1c1ccc(Cl)cc1. The van der Waals surface area contributed by atoms with Gasteiger partial charge in [-0.2, -0.15) is 0 Å². The maximum atomic E-state index is 13.2. The van der Waals surface area contributed by atoms with E-state index in [-0.39, 0.29) is 24.5 Å². The summed E-state index contributed by atoms with van der Waals surface area (Å²) in [5, 5.41) is 3.29. The summed E-state index contributed by atoms with van der Waals surface area (Å²) in [7, 11) is 1.36. The Labute approximate surface area is 197 Å². The molecule has 0 saturated carbocycles. The molecule has 9 heteroatoms. The first kappa shape index (κ1) is 22.9. The Balaban J connectivity index is 1.66. The van der Waals surface area contributed by atoms with Gasteiger partial charge in [0.2, 0.25) is 5.91 Å². The molecule has 0 N–H and O–H groups in total. The molecule has 7 nitrogen and oxygen atoms in total. The van der Waals surface area contributed by atoms with Gasteiger partial charge < -0.3 is 19.3 Å². The molecule has 0 aliphatic carbocycles. The number of morpholine rings is 1. The van der Waals surface area contributed by atoms with Gasteiger partial charge in [0.1, 0.15) is 0 Å². The van der Waals surface area contributed by atoms with Crippen LogP contribution in [0.3, 0.4) is 0 Å². The van der Waals surface area contributed by atoms with Crippen LogP contribution in [0, 0.1) is 0 Å². The fraction of sp³-hybridized carbons (Fsp3) is 0.435. The molecule has 1 fully saturated rings. The zero-order chi connectivity index (χ0) is 23.0. The molecular weight excluding hydrogens is 450 g/mol. The summed E-state index contributed by atoms with van der Waals surface area (Å²) in [5.41, 5.74) is 2.73. The van der Waals surface area contributed by atoms with Crippen molar-refractivity contribution in [2.24, 2.45) is 4.99 Å². The number of carbonyl (C=O) groups excluding carboxylic acids is 2. The lowest BCUT2D eigenvalue weighted by Gasteiger charge is -2.38. The molecule has 3 aliphatic rings. The van der Waals surface area contributed by atoms with Crippen LogP contribution in [-0.4, -0.2) is 59.3 Å². The predicted molar refractivity (Wildman–Crippen MR) is 125 cm³/mol. The molecule has 3 heterocycles. The maximum absolute atomic E-state index is 13.2. The standard InChI is InChI=1S/C23H26ClN3O4S/c1-13-10-26(11-14(2)31-13)19(28)9-18-12-32-23-25-15(3)20(22(29)30-4)21(27(18)23)16-5-7-17(24)8-6-16/h5-8,12-14,21H,9-11H2,1-4H3. The number of thioether (sulfide) groups is 1. The Morgan fingerprint density at radius 2 is 1.88 bits per heavy atom. The average Bonchev–Trinajstić information content (AvgIpc) is 3.14. The minimum Gasteiger partial charge on any atom is -0.466 e. The third-order valence-electron chi connectivity index (χ3n) is 5.70. The minimum atomic E-state index is -0.455. The molecule has 0 radical (unpaired) electrons. The van der Waals surface area contributed by atoms with Crippen molar-refractivity contribution < 1.29 is 19.1 Å². The van der Waals surface area contributed by atoms with Crippen LogP contribution >= 0.6 is 23.4 Å². The van der Waals surface area contributed by atoms with E-state index in [1.807, 2.05) is 41.2 Å². The lowest BCUT2D eigenvalue weighted by Crippen LogP contribution is -2.48. The van der Waals surface area contributed by atoms with E-state index in [0.29, 0.717) is 29.4 Å². The first-order valence-corrected chi connectivity index (χ1v) is 11.8. The van der Waals surface area contributed by atoms with Crippen molar-refractivity contribution in [3.8, 4) is 0 Å². The maximum Gasteiger partial charge on any atom is 0.338 e. The molecule has 1 saturated heterocycles. The second kappa shape index (κ2) is 9.29. The lowest BCUT2D eigenvalue weighted by atomic mass is 9.94. The van der Waals surface area contributed by atoms with Gasteiger partial charge in [-0.25, -0.2) is 9.79 Å². The van der Waals surface area contributed by atoms with Gasteiger partial charge in [0.15, 0.2) is 5.17 Å². The Morgan fingerprint density at radius 3 is 2.50 bits per heavy atom. The summed E-state index contributed by atoms with van der Waals surface area (Å²) in [6, 6.07) is 6.91. The zero-order valence-corrected chi connectivity index (χ0v) is 20.1. The van der Waals surface area contributed by atoms with Crippen molar-refractivity contribution in [3.63, 3.8) is 0 Å². The number of halogens is 1. The van der Waals surface area contributed by atoms with Crippen LogP contribution in [-0.2, 0) is 19.1 Å². The minimum absolute atomic E-state index is 0.0000635. The molecule has 1 aromatic carbocycles. The number of hydrogen-bond acceptors (Lipinski definition) is 7. The number of amides is 1. The quantitative estimate of drug-likeness (QED) is 0.610. The summed E-state index contributed by atoms with van der Waals surface area (Å²) < 4.78 is 10.8. The number of ether oxygens (including phenoxy) is 2. The van der Waals surface area contributed by atoms with E-state index in [1.165, 1.54) is 18.9 Å². The summed E-state index contributed by atoms with van der Waals surface area (Å²) >= 11 is 7.56. The highest BCUT2D eigenvalue weighted by molar-refractivity contribution is 8.16. The highest BCUT2D eigenvalue weighted by Gasteiger charge is 2.41. The summed E-state index contributed by atoms with van der Waals surface area (Å²) in [6.07, 6.45) is 0.211. The molecule has 0 spiro atoms. The number of carbonyl (C=O) groups is 2. The Kier molecular flexibility index (Phi) is 6.65. The fourth-order valence-corrected chi connectivity index (χ4v) is 5.44. The highest BCUT2D eigenvalue weighted by Crippen LogP contribution is 2.45. The molecule has 3 unspecified atom stereocenters. The van der Waals surface area contributed by atoms with Crippen LogP contribution < -0.4 is 0 Å². The molecule has 32 heavy (non-hydrogen) atoms. The third-order valence-corrected chi connectivity index (χ3v) is 6.84. The van der Waals surface area contributed by atoms with Gasteiger partial charge in [0.05, 0.1) is 43.1 Å². The largest absolute Gasteiger partial charge is 0.466 e. The highest BCUT2D eigenvalue weighted by atomic mass is 35.5. The van der Waals surface area contributed by atoms with Crippen molar-refractivity contribution in [3.05, 3.63) is 57.2 Å². The Hall–Kier alpha value is -2.29. The number of rotatable bonds is 4. The zero-order valence-electron chi connectivity index (χ0n) is 18.5. The first-order chi connectivity index (χ1) is 15.3. The molecule has 0 aromatic heterocycles. The number of hydrogen-bond donors (Lipinski definition) is 0. The van der Waals surface area contributed by atoms with Gasteiger partial charge in [-0.3, -0.25) is 4.79 Å². The smallest absolute Gasteiger partial charge is 0.338 e. The van der Waals surface area contributed by atoms with Crippen molar-refractivity contribution in [1.29, 1.82) is 0 Å². The normalized spacial score (nSPS) is 25.3. The van der Waals surface area contributed by atoms with Gasteiger partial charge in [-0.15, -0.1) is 0 Å². The van der Waals surface area contributed by atoms with Gasteiger partial charge in [-0.1, -0.05) is 35.5 Å². The van der Waals surface area contributed by atoms with Gasteiger partial charge in [0.25, 0.3) is 0 Å². The topological polar surface area (TPSA) is 71.4 Å². The Morgan fingerprint density at radius 1 is 1.22 bits per heavy atom.